The summed E-state index contributed by atoms with van der Waals surface area (Å²) in [6.45, 7) is -0.516. The molecule has 0 aliphatic rings. The van der Waals surface area contributed by atoms with E-state index in [2.05, 4.69) is 10.4 Å². The Morgan fingerprint density at radius 3 is 2.56 bits per heavy atom. The number of esters is 1. The van der Waals surface area contributed by atoms with Crippen LogP contribution in [0.3, 0.4) is 0 Å². The Balaban J connectivity index is 1.65. The Labute approximate surface area is 181 Å². The van der Waals surface area contributed by atoms with E-state index in [1.807, 2.05) is 30.3 Å². The minimum absolute atomic E-state index is 0.0530. The number of aromatic nitrogens is 2. The topological polar surface area (TPSA) is 143 Å². The van der Waals surface area contributed by atoms with E-state index in [9.17, 15) is 24.5 Å². The van der Waals surface area contributed by atoms with E-state index in [1.165, 1.54) is 31.4 Å². The number of hydrogen-bond donors (Lipinski definition) is 1. The van der Waals surface area contributed by atoms with Crippen molar-refractivity contribution in [3.05, 3.63) is 92.4 Å². The van der Waals surface area contributed by atoms with E-state index in [0.29, 0.717) is 0 Å². The number of nitro groups is 1. The van der Waals surface area contributed by atoms with Crippen molar-refractivity contribution in [3.63, 3.8) is 0 Å². The molecule has 1 N–H and O–H groups in total. The van der Waals surface area contributed by atoms with Crippen LogP contribution in [0, 0.1) is 10.1 Å². The molecule has 0 unspecified atom stereocenters. The van der Waals surface area contributed by atoms with Crippen LogP contribution in [0.2, 0.25) is 0 Å². The Hall–Kier alpha value is -4.54. The zero-order valence-electron chi connectivity index (χ0n) is 16.9. The smallest absolute Gasteiger partial charge is 0.359 e. The summed E-state index contributed by atoms with van der Waals surface area (Å²) in [5.41, 5.74) is 0.0697. The summed E-state index contributed by atoms with van der Waals surface area (Å²) in [7, 11) is 1.34. The molecule has 3 rings (SSSR count). The Kier molecular flexibility index (Phi) is 6.91. The first-order valence-electron chi connectivity index (χ1n) is 9.29. The summed E-state index contributed by atoms with van der Waals surface area (Å²) in [5.74, 6) is -1.45. The SMILES string of the molecule is COc1ccc([N+](=O)[O-])cc1NC(=O)COC(=O)c1ccc(=O)n(Cc2ccccc2)n1. The highest BCUT2D eigenvalue weighted by atomic mass is 16.6. The number of carbonyl (C=O) groups excluding carboxylic acids is 2. The number of ether oxygens (including phenoxy) is 2. The van der Waals surface area contributed by atoms with Crippen LogP contribution in [0.5, 0.6) is 5.75 Å². The summed E-state index contributed by atoms with van der Waals surface area (Å²) >= 11 is 0. The fraction of sp³-hybridized carbons (Fsp3) is 0.143. The summed E-state index contributed by atoms with van der Waals surface area (Å²) in [5, 5.41) is 17.3. The maximum absolute atomic E-state index is 12.3. The molecule has 11 heteroatoms. The summed E-state index contributed by atoms with van der Waals surface area (Å²) in [4.78, 5) is 46.8. The maximum Gasteiger partial charge on any atom is 0.359 e. The lowest BCUT2D eigenvalue weighted by Gasteiger charge is -2.10. The van der Waals surface area contributed by atoms with Gasteiger partial charge in [-0.2, -0.15) is 5.10 Å². The zero-order chi connectivity index (χ0) is 23.1. The average molecular weight is 438 g/mol. The molecule has 0 atom stereocenters. The van der Waals surface area contributed by atoms with Gasteiger partial charge in [0.2, 0.25) is 0 Å². The molecule has 11 nitrogen and oxygen atoms in total. The minimum Gasteiger partial charge on any atom is -0.495 e. The predicted molar refractivity (Wildman–Crippen MR) is 113 cm³/mol. The van der Waals surface area contributed by atoms with Crippen molar-refractivity contribution in [2.75, 3.05) is 19.0 Å². The number of hydrogen-bond acceptors (Lipinski definition) is 8. The largest absolute Gasteiger partial charge is 0.495 e. The first-order chi connectivity index (χ1) is 15.4. The molecule has 0 saturated heterocycles. The molecule has 0 aliphatic carbocycles. The van der Waals surface area contributed by atoms with Gasteiger partial charge in [-0.3, -0.25) is 19.7 Å². The highest BCUT2D eigenvalue weighted by Gasteiger charge is 2.17. The molecule has 0 aliphatic heterocycles. The second-order valence-electron chi connectivity index (χ2n) is 6.47. The number of benzene rings is 2. The molecule has 0 spiro atoms. The van der Waals surface area contributed by atoms with Crippen molar-refractivity contribution in [1.82, 2.24) is 9.78 Å². The van der Waals surface area contributed by atoms with Crippen molar-refractivity contribution in [3.8, 4) is 5.75 Å². The predicted octanol–water partition coefficient (Wildman–Crippen LogP) is 2.00. The number of nitro benzene ring substituents is 1. The van der Waals surface area contributed by atoms with Crippen LogP contribution < -0.4 is 15.6 Å². The van der Waals surface area contributed by atoms with Gasteiger partial charge in [-0.1, -0.05) is 30.3 Å². The fourth-order valence-electron chi connectivity index (χ4n) is 2.73. The standard InChI is InChI=1S/C21H18N4O7/c1-31-18-9-7-15(25(29)30)11-17(18)22-19(26)13-32-21(28)16-8-10-20(27)24(23-16)12-14-5-3-2-4-6-14/h2-11H,12-13H2,1H3,(H,22,26). The van der Waals surface area contributed by atoms with E-state index in [4.69, 9.17) is 9.47 Å². The van der Waals surface area contributed by atoms with Gasteiger partial charge in [0.25, 0.3) is 17.2 Å². The number of anilines is 1. The first kappa shape index (κ1) is 22.2. The quantitative estimate of drug-likeness (QED) is 0.320. The van der Waals surface area contributed by atoms with Gasteiger partial charge in [-0.25, -0.2) is 9.48 Å². The van der Waals surface area contributed by atoms with E-state index in [1.54, 1.807) is 0 Å². The van der Waals surface area contributed by atoms with Gasteiger partial charge in [-0.05, 0) is 17.7 Å². The lowest BCUT2D eigenvalue weighted by molar-refractivity contribution is -0.384. The normalized spacial score (nSPS) is 10.3. The van der Waals surface area contributed by atoms with Crippen LogP contribution in [-0.4, -0.2) is 40.3 Å². The summed E-state index contributed by atoms with van der Waals surface area (Å²) in [6.07, 6.45) is 0. The molecule has 2 aromatic carbocycles. The van der Waals surface area contributed by atoms with E-state index < -0.39 is 29.0 Å². The van der Waals surface area contributed by atoms with Crippen molar-refractivity contribution in [2.24, 2.45) is 0 Å². The monoisotopic (exact) mass is 438 g/mol. The van der Waals surface area contributed by atoms with Crippen molar-refractivity contribution < 1.29 is 24.0 Å². The van der Waals surface area contributed by atoms with E-state index in [0.717, 1.165) is 16.3 Å². The van der Waals surface area contributed by atoms with Gasteiger partial charge in [0.05, 0.1) is 24.3 Å². The molecule has 0 fully saturated rings. The van der Waals surface area contributed by atoms with E-state index >= 15 is 0 Å². The molecular weight excluding hydrogens is 420 g/mol. The Morgan fingerprint density at radius 1 is 1.12 bits per heavy atom. The van der Waals surface area contributed by atoms with Crippen LogP contribution >= 0.6 is 0 Å². The molecule has 164 valence electrons. The minimum atomic E-state index is -0.909. The van der Waals surface area contributed by atoms with Gasteiger partial charge in [-0.15, -0.1) is 0 Å². The van der Waals surface area contributed by atoms with Gasteiger partial charge < -0.3 is 14.8 Å². The van der Waals surface area contributed by atoms with Crippen LogP contribution in [0.15, 0.2) is 65.5 Å². The molecule has 0 saturated carbocycles. The number of rotatable bonds is 8. The number of nitrogens with one attached hydrogen (secondary N) is 1. The van der Waals surface area contributed by atoms with Crippen LogP contribution in [-0.2, 0) is 16.1 Å². The summed E-state index contributed by atoms with van der Waals surface area (Å²) < 4.78 is 11.1. The first-order valence-corrected chi connectivity index (χ1v) is 9.29. The van der Waals surface area contributed by atoms with Gasteiger partial charge >= 0.3 is 5.97 Å². The lowest BCUT2D eigenvalue weighted by Crippen LogP contribution is -2.26. The molecule has 32 heavy (non-hydrogen) atoms. The van der Waals surface area contributed by atoms with Gasteiger partial charge in [0, 0.05) is 18.2 Å². The van der Waals surface area contributed by atoms with Crippen LogP contribution in [0.1, 0.15) is 16.1 Å². The molecule has 1 aromatic heterocycles. The summed E-state index contributed by atoms with van der Waals surface area (Å²) in [6, 6.07) is 15.2. The fourth-order valence-corrected chi connectivity index (χ4v) is 2.73. The van der Waals surface area contributed by atoms with Crippen LogP contribution in [0.4, 0.5) is 11.4 Å². The third kappa shape index (κ3) is 5.53. The number of amides is 1. The molecule has 0 bridgehead atoms. The zero-order valence-corrected chi connectivity index (χ0v) is 16.9. The van der Waals surface area contributed by atoms with Crippen LogP contribution in [0.25, 0.3) is 0 Å². The Morgan fingerprint density at radius 2 is 1.88 bits per heavy atom. The molecule has 1 heterocycles. The van der Waals surface area contributed by atoms with Crippen molar-refractivity contribution in [2.45, 2.75) is 6.54 Å². The average Bonchev–Trinajstić information content (AvgIpc) is 2.79. The van der Waals surface area contributed by atoms with Gasteiger partial charge in [0.15, 0.2) is 12.3 Å². The third-order valence-corrected chi connectivity index (χ3v) is 4.25. The Bertz CT molecular complexity index is 1210. The molecule has 0 radical (unpaired) electrons. The molecule has 3 aromatic rings. The number of non-ortho nitro benzene ring substituents is 1. The lowest BCUT2D eigenvalue weighted by atomic mass is 10.2. The number of nitrogens with zero attached hydrogens (tertiary/aromatic N) is 3. The third-order valence-electron chi connectivity index (χ3n) is 4.25. The van der Waals surface area contributed by atoms with Gasteiger partial charge in [0.1, 0.15) is 5.75 Å². The second-order valence-corrected chi connectivity index (χ2v) is 6.47. The number of carbonyl (C=O) groups is 2. The molecule has 1 amide bonds. The highest BCUT2D eigenvalue weighted by molar-refractivity contribution is 5.96. The van der Waals surface area contributed by atoms with Crippen molar-refractivity contribution in [1.29, 1.82) is 0 Å². The van der Waals surface area contributed by atoms with E-state index in [-0.39, 0.29) is 29.4 Å². The highest BCUT2D eigenvalue weighted by Crippen LogP contribution is 2.28. The second kappa shape index (κ2) is 9.98. The number of methoxy groups -OCH3 is 1. The molecular formula is C21H18N4O7. The van der Waals surface area contributed by atoms with Crippen molar-refractivity contribution >= 4 is 23.3 Å². The maximum atomic E-state index is 12.3.